The first-order chi connectivity index (χ1) is 8.24. The summed E-state index contributed by atoms with van der Waals surface area (Å²) in [7, 11) is 0. The highest BCUT2D eigenvalue weighted by Crippen LogP contribution is 2.29. The molecule has 0 amide bonds. The molecule has 5 heteroatoms. The second-order valence-corrected chi connectivity index (χ2v) is 5.41. The quantitative estimate of drug-likeness (QED) is 0.777. The van der Waals surface area contributed by atoms with Crippen molar-refractivity contribution in [1.29, 1.82) is 0 Å². The molecule has 2 aromatic rings. The number of thiophene rings is 1. The standard InChI is InChI=1S/C12H15N3OS/c1-8-5-15(6-9(2)16-8)12-11-10(3-4-17-11)13-7-14-12/h3-4,7-9H,5-6H2,1-2H3/t8-,9-/m0/s1. The van der Waals surface area contributed by atoms with Gasteiger partial charge in [0.25, 0.3) is 0 Å². The third-order valence-electron chi connectivity index (χ3n) is 2.94. The molecule has 1 aliphatic heterocycles. The summed E-state index contributed by atoms with van der Waals surface area (Å²) in [5, 5.41) is 2.07. The lowest BCUT2D eigenvalue weighted by Gasteiger charge is -2.36. The van der Waals surface area contributed by atoms with Gasteiger partial charge in [-0.3, -0.25) is 0 Å². The van der Waals surface area contributed by atoms with Crippen LogP contribution in [0.3, 0.4) is 0 Å². The minimum absolute atomic E-state index is 0.253. The first kappa shape index (κ1) is 10.9. The Labute approximate surface area is 104 Å². The Morgan fingerprint density at radius 3 is 2.82 bits per heavy atom. The van der Waals surface area contributed by atoms with Crippen LogP contribution in [-0.2, 0) is 4.74 Å². The van der Waals surface area contributed by atoms with Crippen molar-refractivity contribution in [2.75, 3.05) is 18.0 Å². The maximum Gasteiger partial charge on any atom is 0.150 e. The Morgan fingerprint density at radius 1 is 1.29 bits per heavy atom. The van der Waals surface area contributed by atoms with Gasteiger partial charge in [-0.05, 0) is 25.3 Å². The summed E-state index contributed by atoms with van der Waals surface area (Å²) >= 11 is 1.70. The highest BCUT2D eigenvalue weighted by molar-refractivity contribution is 7.17. The summed E-state index contributed by atoms with van der Waals surface area (Å²) in [6, 6.07) is 2.04. The van der Waals surface area contributed by atoms with Gasteiger partial charge in [0.05, 0.1) is 22.4 Å². The number of nitrogens with zero attached hydrogens (tertiary/aromatic N) is 3. The van der Waals surface area contributed by atoms with Crippen LogP contribution in [0.25, 0.3) is 10.2 Å². The summed E-state index contributed by atoms with van der Waals surface area (Å²) in [6.45, 7) is 6.01. The van der Waals surface area contributed by atoms with E-state index in [1.807, 2.05) is 6.07 Å². The molecule has 3 heterocycles. The van der Waals surface area contributed by atoms with Crippen LogP contribution >= 0.6 is 11.3 Å². The van der Waals surface area contributed by atoms with Crippen LogP contribution in [0.4, 0.5) is 5.82 Å². The summed E-state index contributed by atoms with van der Waals surface area (Å²) in [5.41, 5.74) is 1.03. The molecule has 2 atom stereocenters. The number of ether oxygens (including phenoxy) is 1. The molecule has 0 spiro atoms. The SMILES string of the molecule is C[C@H]1CN(c2ncnc3ccsc23)C[C@H](C)O1. The van der Waals surface area contributed by atoms with E-state index in [9.17, 15) is 0 Å². The lowest BCUT2D eigenvalue weighted by Crippen LogP contribution is -2.45. The monoisotopic (exact) mass is 249 g/mol. The molecule has 4 nitrogen and oxygen atoms in total. The molecule has 17 heavy (non-hydrogen) atoms. The molecule has 1 fully saturated rings. The fourth-order valence-corrected chi connectivity index (χ4v) is 3.21. The molecule has 90 valence electrons. The van der Waals surface area contributed by atoms with Gasteiger partial charge in [-0.1, -0.05) is 0 Å². The minimum Gasteiger partial charge on any atom is -0.372 e. The molecule has 0 saturated carbocycles. The first-order valence-electron chi connectivity index (χ1n) is 5.82. The van der Waals surface area contributed by atoms with Crippen LogP contribution in [0.5, 0.6) is 0 Å². The molecule has 0 bridgehead atoms. The van der Waals surface area contributed by atoms with Crippen LogP contribution in [0, 0.1) is 0 Å². The topological polar surface area (TPSA) is 38.2 Å². The maximum absolute atomic E-state index is 5.75. The average molecular weight is 249 g/mol. The number of fused-ring (bicyclic) bond motifs is 1. The van der Waals surface area contributed by atoms with Crippen LogP contribution in [0.15, 0.2) is 17.8 Å². The maximum atomic E-state index is 5.75. The average Bonchev–Trinajstić information content (AvgIpc) is 2.75. The van der Waals surface area contributed by atoms with Gasteiger partial charge in [-0.2, -0.15) is 0 Å². The Morgan fingerprint density at radius 2 is 2.06 bits per heavy atom. The zero-order chi connectivity index (χ0) is 11.8. The molecule has 1 saturated heterocycles. The third kappa shape index (κ3) is 2.00. The molecule has 0 N–H and O–H groups in total. The lowest BCUT2D eigenvalue weighted by atomic mass is 10.2. The van der Waals surface area contributed by atoms with Crippen molar-refractivity contribution < 1.29 is 4.74 Å². The van der Waals surface area contributed by atoms with Crippen molar-refractivity contribution in [2.24, 2.45) is 0 Å². The zero-order valence-electron chi connectivity index (χ0n) is 9.96. The minimum atomic E-state index is 0.253. The zero-order valence-corrected chi connectivity index (χ0v) is 10.8. The predicted molar refractivity (Wildman–Crippen MR) is 69.6 cm³/mol. The predicted octanol–water partition coefficient (Wildman–Crippen LogP) is 2.30. The summed E-state index contributed by atoms with van der Waals surface area (Å²) in [5.74, 6) is 1.05. The van der Waals surface area contributed by atoms with Crippen molar-refractivity contribution in [2.45, 2.75) is 26.1 Å². The Balaban J connectivity index is 2.00. The molecule has 3 rings (SSSR count). The van der Waals surface area contributed by atoms with E-state index in [-0.39, 0.29) is 12.2 Å². The van der Waals surface area contributed by atoms with E-state index in [1.54, 1.807) is 17.7 Å². The Hall–Kier alpha value is -1.20. The van der Waals surface area contributed by atoms with Gasteiger partial charge in [-0.25, -0.2) is 9.97 Å². The fraction of sp³-hybridized carbons (Fsp3) is 0.500. The normalized spacial score (nSPS) is 25.4. The van der Waals surface area contributed by atoms with Crippen LogP contribution < -0.4 is 4.90 Å². The van der Waals surface area contributed by atoms with Crippen molar-refractivity contribution in [3.05, 3.63) is 17.8 Å². The van der Waals surface area contributed by atoms with E-state index in [0.29, 0.717) is 0 Å². The highest BCUT2D eigenvalue weighted by Gasteiger charge is 2.24. The number of hydrogen-bond donors (Lipinski definition) is 0. The van der Waals surface area contributed by atoms with E-state index in [2.05, 4.69) is 34.1 Å². The highest BCUT2D eigenvalue weighted by atomic mass is 32.1. The van der Waals surface area contributed by atoms with Crippen LogP contribution in [0.1, 0.15) is 13.8 Å². The smallest absolute Gasteiger partial charge is 0.150 e. The van der Waals surface area contributed by atoms with Crippen LogP contribution in [-0.4, -0.2) is 35.3 Å². The Bertz CT molecular complexity index is 517. The third-order valence-corrected chi connectivity index (χ3v) is 3.84. The van der Waals surface area contributed by atoms with Gasteiger partial charge in [0.15, 0.2) is 0 Å². The molecule has 0 unspecified atom stereocenters. The van der Waals surface area contributed by atoms with Crippen molar-refractivity contribution in [3.63, 3.8) is 0 Å². The van der Waals surface area contributed by atoms with Crippen LogP contribution in [0.2, 0.25) is 0 Å². The molecule has 0 radical (unpaired) electrons. The largest absolute Gasteiger partial charge is 0.372 e. The molecule has 0 aliphatic carbocycles. The molecule has 1 aliphatic rings. The van der Waals surface area contributed by atoms with Crippen molar-refractivity contribution in [3.8, 4) is 0 Å². The van der Waals surface area contributed by atoms with Gasteiger partial charge in [0.2, 0.25) is 0 Å². The number of rotatable bonds is 1. The van der Waals surface area contributed by atoms with Gasteiger partial charge in [0.1, 0.15) is 12.1 Å². The van der Waals surface area contributed by atoms with Crippen molar-refractivity contribution >= 4 is 27.4 Å². The second kappa shape index (κ2) is 4.23. The van der Waals surface area contributed by atoms with E-state index in [0.717, 1.165) is 24.4 Å². The van der Waals surface area contributed by atoms with Crippen molar-refractivity contribution in [1.82, 2.24) is 9.97 Å². The number of hydrogen-bond acceptors (Lipinski definition) is 5. The van der Waals surface area contributed by atoms with E-state index in [4.69, 9.17) is 4.74 Å². The summed E-state index contributed by atoms with van der Waals surface area (Å²) in [4.78, 5) is 11.0. The van der Waals surface area contributed by atoms with E-state index >= 15 is 0 Å². The van der Waals surface area contributed by atoms with E-state index in [1.165, 1.54) is 4.70 Å². The van der Waals surface area contributed by atoms with Gasteiger partial charge < -0.3 is 9.64 Å². The molecular formula is C12H15N3OS. The number of morpholine rings is 1. The van der Waals surface area contributed by atoms with Gasteiger partial charge >= 0.3 is 0 Å². The van der Waals surface area contributed by atoms with Gasteiger partial charge in [0, 0.05) is 13.1 Å². The molecule has 2 aromatic heterocycles. The lowest BCUT2D eigenvalue weighted by molar-refractivity contribution is -0.00536. The summed E-state index contributed by atoms with van der Waals surface area (Å²) < 4.78 is 6.92. The van der Waals surface area contributed by atoms with E-state index < -0.39 is 0 Å². The number of anilines is 1. The Kier molecular flexibility index (Phi) is 2.72. The number of aromatic nitrogens is 2. The van der Waals surface area contributed by atoms with Gasteiger partial charge in [-0.15, -0.1) is 11.3 Å². The summed E-state index contributed by atoms with van der Waals surface area (Å²) in [6.07, 6.45) is 2.15. The first-order valence-corrected chi connectivity index (χ1v) is 6.70. The molecule has 0 aromatic carbocycles. The molecular weight excluding hydrogens is 234 g/mol. The second-order valence-electron chi connectivity index (χ2n) is 4.49. The fourth-order valence-electron chi connectivity index (χ4n) is 2.35.